The molecule has 4 nitrogen and oxygen atoms in total. The summed E-state index contributed by atoms with van der Waals surface area (Å²) in [6, 6.07) is 11.8. The summed E-state index contributed by atoms with van der Waals surface area (Å²) in [4.78, 5) is 14.4. The second kappa shape index (κ2) is 8.32. The molecule has 132 valence electrons. The van der Waals surface area contributed by atoms with E-state index in [4.69, 9.17) is 16.3 Å². The minimum Gasteiger partial charge on any atom is -0.484 e. The SMILES string of the molecule is O=C(COc1ccc(F)c(Cl)c1)Nc1cccc(CN2CCCC2)c1. The van der Waals surface area contributed by atoms with Crippen molar-refractivity contribution in [3.63, 3.8) is 0 Å². The predicted molar refractivity (Wildman–Crippen MR) is 96.5 cm³/mol. The number of anilines is 1. The van der Waals surface area contributed by atoms with Crippen molar-refractivity contribution < 1.29 is 13.9 Å². The van der Waals surface area contributed by atoms with Gasteiger partial charge in [-0.2, -0.15) is 0 Å². The van der Waals surface area contributed by atoms with E-state index in [0.29, 0.717) is 5.75 Å². The minimum absolute atomic E-state index is 0.0347. The number of rotatable bonds is 6. The molecule has 6 heteroatoms. The highest BCUT2D eigenvalue weighted by molar-refractivity contribution is 6.30. The Kier molecular flexibility index (Phi) is 5.89. The number of nitrogens with zero attached hydrogens (tertiary/aromatic N) is 1. The van der Waals surface area contributed by atoms with E-state index in [1.165, 1.54) is 36.6 Å². The van der Waals surface area contributed by atoms with E-state index in [-0.39, 0.29) is 17.5 Å². The summed E-state index contributed by atoms with van der Waals surface area (Å²) in [7, 11) is 0. The Hall–Kier alpha value is -2.11. The number of hydrogen-bond acceptors (Lipinski definition) is 3. The molecule has 1 N–H and O–H groups in total. The molecule has 1 fully saturated rings. The summed E-state index contributed by atoms with van der Waals surface area (Å²) in [6.07, 6.45) is 2.50. The molecule has 25 heavy (non-hydrogen) atoms. The Morgan fingerprint density at radius 3 is 2.76 bits per heavy atom. The standard InChI is InChI=1S/C19H20ClFN2O2/c20-17-11-16(6-7-18(17)21)25-13-19(24)22-15-5-3-4-14(10-15)12-23-8-1-2-9-23/h3-7,10-11H,1-2,8-9,12-13H2,(H,22,24). The van der Waals surface area contributed by atoms with E-state index in [2.05, 4.69) is 16.3 Å². The lowest BCUT2D eigenvalue weighted by Crippen LogP contribution is -2.21. The van der Waals surface area contributed by atoms with Crippen molar-refractivity contribution in [2.75, 3.05) is 25.0 Å². The third-order valence-corrected chi connectivity index (χ3v) is 4.37. The maximum Gasteiger partial charge on any atom is 0.262 e. The molecule has 0 radical (unpaired) electrons. The van der Waals surface area contributed by atoms with Crippen LogP contribution in [-0.2, 0) is 11.3 Å². The number of amides is 1. The summed E-state index contributed by atoms with van der Waals surface area (Å²) in [6.45, 7) is 2.99. The number of ether oxygens (including phenoxy) is 1. The van der Waals surface area contributed by atoms with Crippen LogP contribution in [0.15, 0.2) is 42.5 Å². The molecule has 1 saturated heterocycles. The van der Waals surface area contributed by atoms with Gasteiger partial charge in [-0.15, -0.1) is 0 Å². The lowest BCUT2D eigenvalue weighted by atomic mass is 10.2. The Morgan fingerprint density at radius 1 is 1.20 bits per heavy atom. The number of benzene rings is 2. The van der Waals surface area contributed by atoms with Gasteiger partial charge in [0.15, 0.2) is 6.61 Å². The molecular weight excluding hydrogens is 343 g/mol. The van der Waals surface area contributed by atoms with Gasteiger partial charge in [-0.25, -0.2) is 4.39 Å². The van der Waals surface area contributed by atoms with E-state index in [0.717, 1.165) is 25.3 Å². The van der Waals surface area contributed by atoms with Gasteiger partial charge in [0.1, 0.15) is 11.6 Å². The number of hydrogen-bond donors (Lipinski definition) is 1. The molecule has 1 aliphatic rings. The van der Waals surface area contributed by atoms with Crippen LogP contribution in [0.5, 0.6) is 5.75 Å². The first-order chi connectivity index (χ1) is 12.1. The van der Waals surface area contributed by atoms with Crippen LogP contribution in [0.3, 0.4) is 0 Å². The number of carbonyl (C=O) groups excluding carboxylic acids is 1. The van der Waals surface area contributed by atoms with Gasteiger partial charge in [-0.05, 0) is 55.8 Å². The van der Waals surface area contributed by atoms with Crippen molar-refractivity contribution in [2.24, 2.45) is 0 Å². The van der Waals surface area contributed by atoms with Crippen LogP contribution in [-0.4, -0.2) is 30.5 Å². The molecule has 0 unspecified atom stereocenters. The van der Waals surface area contributed by atoms with Gasteiger partial charge in [-0.1, -0.05) is 23.7 Å². The normalized spacial score (nSPS) is 14.5. The van der Waals surface area contributed by atoms with E-state index in [1.54, 1.807) is 0 Å². The summed E-state index contributed by atoms with van der Waals surface area (Å²) >= 11 is 5.69. The topological polar surface area (TPSA) is 41.6 Å². The van der Waals surface area contributed by atoms with Crippen molar-refractivity contribution in [1.82, 2.24) is 4.90 Å². The highest BCUT2D eigenvalue weighted by Gasteiger charge is 2.12. The van der Waals surface area contributed by atoms with Gasteiger partial charge in [-0.3, -0.25) is 9.69 Å². The quantitative estimate of drug-likeness (QED) is 0.841. The van der Waals surface area contributed by atoms with E-state index >= 15 is 0 Å². The molecular formula is C19H20ClFN2O2. The van der Waals surface area contributed by atoms with E-state index < -0.39 is 5.82 Å². The highest BCUT2D eigenvalue weighted by atomic mass is 35.5. The number of carbonyl (C=O) groups is 1. The fraction of sp³-hybridized carbons (Fsp3) is 0.316. The molecule has 1 amide bonds. The van der Waals surface area contributed by atoms with Crippen LogP contribution in [0, 0.1) is 5.82 Å². The van der Waals surface area contributed by atoms with Crippen LogP contribution in [0.4, 0.5) is 10.1 Å². The van der Waals surface area contributed by atoms with Crippen LogP contribution < -0.4 is 10.1 Å². The summed E-state index contributed by atoms with van der Waals surface area (Å²) in [5.41, 5.74) is 1.91. The number of halogens is 2. The van der Waals surface area contributed by atoms with Crippen LogP contribution in [0.25, 0.3) is 0 Å². The van der Waals surface area contributed by atoms with E-state index in [1.807, 2.05) is 18.2 Å². The van der Waals surface area contributed by atoms with Crippen molar-refractivity contribution in [3.8, 4) is 5.75 Å². The van der Waals surface area contributed by atoms with Crippen molar-refractivity contribution in [3.05, 3.63) is 58.9 Å². The zero-order chi connectivity index (χ0) is 17.6. The van der Waals surface area contributed by atoms with Crippen molar-refractivity contribution >= 4 is 23.2 Å². The summed E-state index contributed by atoms with van der Waals surface area (Å²) in [5, 5.41) is 2.78. The zero-order valence-electron chi connectivity index (χ0n) is 13.8. The first-order valence-electron chi connectivity index (χ1n) is 8.29. The third-order valence-electron chi connectivity index (χ3n) is 4.08. The second-order valence-corrected chi connectivity index (χ2v) is 6.50. The molecule has 3 rings (SSSR count). The molecule has 1 heterocycles. The average Bonchev–Trinajstić information content (AvgIpc) is 3.09. The van der Waals surface area contributed by atoms with Crippen molar-refractivity contribution in [1.29, 1.82) is 0 Å². The van der Waals surface area contributed by atoms with Gasteiger partial charge in [0.05, 0.1) is 5.02 Å². The fourth-order valence-electron chi connectivity index (χ4n) is 2.86. The van der Waals surface area contributed by atoms with Gasteiger partial charge in [0.2, 0.25) is 0 Å². The number of likely N-dealkylation sites (tertiary alicyclic amines) is 1. The lowest BCUT2D eigenvalue weighted by molar-refractivity contribution is -0.118. The molecule has 2 aromatic carbocycles. The Bertz CT molecular complexity index is 748. The molecule has 0 saturated carbocycles. The fourth-order valence-corrected chi connectivity index (χ4v) is 3.03. The lowest BCUT2D eigenvalue weighted by Gasteiger charge is -2.15. The van der Waals surface area contributed by atoms with Crippen molar-refractivity contribution in [2.45, 2.75) is 19.4 Å². The predicted octanol–water partition coefficient (Wildman–Crippen LogP) is 4.09. The van der Waals surface area contributed by atoms with Gasteiger partial charge < -0.3 is 10.1 Å². The molecule has 0 aromatic heterocycles. The highest BCUT2D eigenvalue weighted by Crippen LogP contribution is 2.21. The first-order valence-corrected chi connectivity index (χ1v) is 8.67. The Labute approximate surface area is 151 Å². The third kappa shape index (κ3) is 5.18. The van der Waals surface area contributed by atoms with Gasteiger partial charge >= 0.3 is 0 Å². The summed E-state index contributed by atoms with van der Waals surface area (Å²) in [5.74, 6) is -0.448. The Morgan fingerprint density at radius 2 is 2.00 bits per heavy atom. The molecule has 0 atom stereocenters. The van der Waals surface area contributed by atoms with E-state index in [9.17, 15) is 9.18 Å². The molecule has 0 spiro atoms. The van der Waals surface area contributed by atoms with Crippen LogP contribution in [0.2, 0.25) is 5.02 Å². The summed E-state index contributed by atoms with van der Waals surface area (Å²) < 4.78 is 18.4. The first kappa shape index (κ1) is 17.7. The second-order valence-electron chi connectivity index (χ2n) is 6.10. The molecule has 1 aliphatic heterocycles. The zero-order valence-corrected chi connectivity index (χ0v) is 14.6. The molecule has 0 bridgehead atoms. The number of nitrogens with one attached hydrogen (secondary N) is 1. The molecule has 0 aliphatic carbocycles. The van der Waals surface area contributed by atoms with Gasteiger partial charge in [0, 0.05) is 18.3 Å². The maximum atomic E-state index is 13.1. The maximum absolute atomic E-state index is 13.1. The minimum atomic E-state index is -0.520. The Balaban J connectivity index is 1.52. The molecule has 2 aromatic rings. The average molecular weight is 363 g/mol. The van der Waals surface area contributed by atoms with Gasteiger partial charge in [0.25, 0.3) is 5.91 Å². The largest absolute Gasteiger partial charge is 0.484 e. The van der Waals surface area contributed by atoms with Crippen LogP contribution >= 0.6 is 11.6 Å². The van der Waals surface area contributed by atoms with Crippen LogP contribution in [0.1, 0.15) is 18.4 Å². The smallest absolute Gasteiger partial charge is 0.262 e. The monoisotopic (exact) mass is 362 g/mol.